The number of hydrogen-bond acceptors (Lipinski definition) is 4. The van der Waals surface area contributed by atoms with E-state index in [2.05, 4.69) is 41.1 Å². The van der Waals surface area contributed by atoms with Crippen LogP contribution in [0.3, 0.4) is 0 Å². The number of amides is 1. The molecule has 33 heavy (non-hydrogen) atoms. The Morgan fingerprint density at radius 3 is 2.27 bits per heavy atom. The van der Waals surface area contributed by atoms with Crippen LogP contribution in [0.1, 0.15) is 59.8 Å². The van der Waals surface area contributed by atoms with Crippen LogP contribution < -0.4 is 10.2 Å². The van der Waals surface area contributed by atoms with Gasteiger partial charge in [-0.25, -0.2) is 4.98 Å². The normalized spacial score (nSPS) is 18.5. The number of nitrogens with one attached hydrogen (secondary N) is 1. The second-order valence-corrected chi connectivity index (χ2v) is 10.2. The average molecular weight is 512 g/mol. The lowest BCUT2D eigenvalue weighted by Crippen LogP contribution is -2.42. The van der Waals surface area contributed by atoms with Gasteiger partial charge >= 0.3 is 0 Å². The molecule has 1 amide bonds. The van der Waals surface area contributed by atoms with Gasteiger partial charge in [0.25, 0.3) is 5.91 Å². The number of carbonyl (C=O) groups excluding carboxylic acids is 1. The summed E-state index contributed by atoms with van der Waals surface area (Å²) >= 11 is 19.1. The van der Waals surface area contributed by atoms with Gasteiger partial charge in [0.2, 0.25) is 0 Å². The van der Waals surface area contributed by atoms with Crippen LogP contribution in [-0.2, 0) is 6.54 Å². The van der Waals surface area contributed by atoms with Gasteiger partial charge < -0.3 is 15.1 Å². The minimum Gasteiger partial charge on any atom is -0.369 e. The molecule has 5 nitrogen and oxygen atoms in total. The molecule has 1 fully saturated rings. The van der Waals surface area contributed by atoms with E-state index in [4.69, 9.17) is 34.8 Å². The lowest BCUT2D eigenvalue weighted by molar-refractivity contribution is 0.0950. The summed E-state index contributed by atoms with van der Waals surface area (Å²) in [5, 5.41) is 4.27. The number of pyridine rings is 1. The maximum Gasteiger partial charge on any atom is 0.251 e. The standard InChI is InChI=1S/C25H33Cl3N4O/c1-6-32(19-9-7-18(8-10-19)31(4)5)23-13-17(26)12-20(16(23)3)25(33)29-14-21-22(27)11-15(2)30-24(21)28/h11-13,18-19H,6-10,14H2,1-5H3,(H,29,33). The Morgan fingerprint density at radius 2 is 1.70 bits per heavy atom. The van der Waals surface area contributed by atoms with Crippen molar-refractivity contribution in [1.29, 1.82) is 0 Å². The Labute approximate surface area is 212 Å². The zero-order valence-corrected chi connectivity index (χ0v) is 22.3. The molecule has 1 saturated carbocycles. The topological polar surface area (TPSA) is 48.5 Å². The number of halogens is 3. The van der Waals surface area contributed by atoms with E-state index in [-0.39, 0.29) is 12.5 Å². The highest BCUT2D eigenvalue weighted by Crippen LogP contribution is 2.34. The first-order valence-corrected chi connectivity index (χ1v) is 12.6. The molecule has 0 saturated heterocycles. The van der Waals surface area contributed by atoms with Crippen molar-refractivity contribution >= 4 is 46.4 Å². The van der Waals surface area contributed by atoms with Crippen LogP contribution in [0.15, 0.2) is 18.2 Å². The van der Waals surface area contributed by atoms with Gasteiger partial charge in [-0.05, 0) is 84.3 Å². The van der Waals surface area contributed by atoms with E-state index in [1.54, 1.807) is 12.1 Å². The molecule has 1 N–H and O–H groups in total. The first kappa shape index (κ1) is 26.1. The second kappa shape index (κ2) is 11.3. The number of carbonyl (C=O) groups is 1. The van der Waals surface area contributed by atoms with Crippen molar-refractivity contribution in [2.75, 3.05) is 25.5 Å². The fourth-order valence-electron chi connectivity index (χ4n) is 4.76. The van der Waals surface area contributed by atoms with Crippen LogP contribution in [0.5, 0.6) is 0 Å². The molecule has 0 unspecified atom stereocenters. The first-order chi connectivity index (χ1) is 15.6. The van der Waals surface area contributed by atoms with Crippen LogP contribution in [0.2, 0.25) is 15.2 Å². The van der Waals surface area contributed by atoms with Crippen LogP contribution in [-0.4, -0.2) is 48.5 Å². The monoisotopic (exact) mass is 510 g/mol. The fourth-order valence-corrected chi connectivity index (χ4v) is 5.63. The summed E-state index contributed by atoms with van der Waals surface area (Å²) in [5.74, 6) is -0.212. The maximum absolute atomic E-state index is 13.1. The summed E-state index contributed by atoms with van der Waals surface area (Å²) < 4.78 is 0. The third-order valence-electron chi connectivity index (χ3n) is 6.65. The molecule has 1 heterocycles. The highest BCUT2D eigenvalue weighted by atomic mass is 35.5. The number of hydrogen-bond donors (Lipinski definition) is 1. The van der Waals surface area contributed by atoms with Crippen molar-refractivity contribution in [3.63, 3.8) is 0 Å². The van der Waals surface area contributed by atoms with Crippen LogP contribution in [0, 0.1) is 13.8 Å². The fraction of sp³-hybridized carbons (Fsp3) is 0.520. The maximum atomic E-state index is 13.1. The van der Waals surface area contributed by atoms with E-state index in [0.717, 1.165) is 36.3 Å². The summed E-state index contributed by atoms with van der Waals surface area (Å²) in [6, 6.07) is 6.52. The summed E-state index contributed by atoms with van der Waals surface area (Å²) in [6.45, 7) is 7.02. The first-order valence-electron chi connectivity index (χ1n) is 11.4. The Balaban J connectivity index is 1.80. The van der Waals surface area contributed by atoms with Crippen molar-refractivity contribution in [3.8, 4) is 0 Å². The molecule has 1 aliphatic carbocycles. The lowest BCUT2D eigenvalue weighted by atomic mass is 9.89. The molecule has 0 bridgehead atoms. The van der Waals surface area contributed by atoms with Gasteiger partial charge in [-0.1, -0.05) is 34.8 Å². The van der Waals surface area contributed by atoms with E-state index in [1.165, 1.54) is 12.8 Å². The molecule has 180 valence electrons. The third-order valence-corrected chi connectivity index (χ3v) is 7.52. The number of benzene rings is 1. The van der Waals surface area contributed by atoms with Gasteiger partial charge in [-0.3, -0.25) is 4.79 Å². The van der Waals surface area contributed by atoms with Gasteiger partial charge in [0.1, 0.15) is 5.15 Å². The molecule has 1 aliphatic rings. The van der Waals surface area contributed by atoms with E-state index >= 15 is 0 Å². The van der Waals surface area contributed by atoms with Crippen molar-refractivity contribution < 1.29 is 4.79 Å². The van der Waals surface area contributed by atoms with Gasteiger partial charge in [0.15, 0.2) is 0 Å². The van der Waals surface area contributed by atoms with Gasteiger partial charge in [-0.2, -0.15) is 0 Å². The van der Waals surface area contributed by atoms with Crippen LogP contribution >= 0.6 is 34.8 Å². The average Bonchev–Trinajstić information content (AvgIpc) is 2.75. The van der Waals surface area contributed by atoms with Crippen molar-refractivity contribution in [2.45, 2.75) is 65.1 Å². The molecule has 0 aliphatic heterocycles. The summed E-state index contributed by atoms with van der Waals surface area (Å²) in [4.78, 5) is 22.1. The molecular formula is C25H33Cl3N4O. The Hall–Kier alpha value is -1.53. The molecule has 8 heteroatoms. The minimum absolute atomic E-state index is 0.192. The van der Waals surface area contributed by atoms with E-state index in [9.17, 15) is 4.79 Å². The van der Waals surface area contributed by atoms with Crippen LogP contribution in [0.4, 0.5) is 5.69 Å². The van der Waals surface area contributed by atoms with Crippen molar-refractivity contribution in [2.24, 2.45) is 0 Å². The Morgan fingerprint density at radius 1 is 1.06 bits per heavy atom. The molecule has 2 aromatic rings. The predicted octanol–water partition coefficient (Wildman–Crippen LogP) is 6.29. The highest BCUT2D eigenvalue weighted by molar-refractivity contribution is 6.35. The van der Waals surface area contributed by atoms with Crippen molar-refractivity contribution in [1.82, 2.24) is 15.2 Å². The number of rotatable bonds is 7. The van der Waals surface area contributed by atoms with Gasteiger partial charge in [0, 0.05) is 52.7 Å². The number of aromatic nitrogens is 1. The Bertz CT molecular complexity index is 980. The zero-order valence-electron chi connectivity index (χ0n) is 20.0. The number of aryl methyl sites for hydroxylation is 1. The summed E-state index contributed by atoms with van der Waals surface area (Å²) in [5.41, 5.74) is 3.84. The Kier molecular flexibility index (Phi) is 8.90. The lowest BCUT2D eigenvalue weighted by Gasteiger charge is -2.40. The molecule has 0 radical (unpaired) electrons. The smallest absolute Gasteiger partial charge is 0.251 e. The van der Waals surface area contributed by atoms with Gasteiger partial charge in [-0.15, -0.1) is 0 Å². The van der Waals surface area contributed by atoms with Gasteiger partial charge in [0.05, 0.1) is 5.02 Å². The zero-order chi connectivity index (χ0) is 24.3. The van der Waals surface area contributed by atoms with E-state index in [1.807, 2.05) is 19.9 Å². The molecule has 3 rings (SSSR count). The van der Waals surface area contributed by atoms with E-state index < -0.39 is 0 Å². The molecule has 0 spiro atoms. The predicted molar refractivity (Wildman–Crippen MR) is 139 cm³/mol. The molecule has 0 atom stereocenters. The summed E-state index contributed by atoms with van der Waals surface area (Å²) in [7, 11) is 4.31. The van der Waals surface area contributed by atoms with Crippen LogP contribution in [0.25, 0.3) is 0 Å². The third kappa shape index (κ3) is 6.13. The quantitative estimate of drug-likeness (QED) is 0.444. The SMILES string of the molecule is CCN(c1cc(Cl)cc(C(=O)NCc2c(Cl)cc(C)nc2Cl)c1C)C1CCC(N(C)C)CC1. The van der Waals surface area contributed by atoms with E-state index in [0.29, 0.717) is 38.4 Å². The molecule has 1 aromatic heterocycles. The van der Waals surface area contributed by atoms with Crippen molar-refractivity contribution in [3.05, 3.63) is 55.8 Å². The number of anilines is 1. The molecule has 1 aromatic carbocycles. The largest absolute Gasteiger partial charge is 0.369 e. The minimum atomic E-state index is -0.212. The molecular weight excluding hydrogens is 479 g/mol. The highest BCUT2D eigenvalue weighted by Gasteiger charge is 2.28. The number of nitrogens with zero attached hydrogens (tertiary/aromatic N) is 3. The second-order valence-electron chi connectivity index (χ2n) is 9.01. The summed E-state index contributed by atoms with van der Waals surface area (Å²) in [6.07, 6.45) is 4.60.